The molecule has 0 heterocycles. The predicted molar refractivity (Wildman–Crippen MR) is 65.5 cm³/mol. The van der Waals surface area contributed by atoms with E-state index in [1.54, 1.807) is 11.8 Å². The SMILES string of the molecule is CSc1cccc(N[C@@H]2CCC[C@H]2O)c1. The van der Waals surface area contributed by atoms with E-state index in [1.807, 2.05) is 0 Å². The van der Waals surface area contributed by atoms with Crippen molar-refractivity contribution in [2.45, 2.75) is 36.3 Å². The van der Waals surface area contributed by atoms with E-state index in [0.717, 1.165) is 24.9 Å². The molecule has 2 rings (SSSR count). The highest BCUT2D eigenvalue weighted by Gasteiger charge is 2.24. The highest BCUT2D eigenvalue weighted by atomic mass is 32.2. The molecule has 15 heavy (non-hydrogen) atoms. The molecule has 2 N–H and O–H groups in total. The summed E-state index contributed by atoms with van der Waals surface area (Å²) in [5.41, 5.74) is 1.12. The third-order valence-electron chi connectivity index (χ3n) is 2.90. The number of nitrogens with one attached hydrogen (secondary N) is 1. The second-order valence-corrected chi connectivity index (χ2v) is 4.86. The molecular formula is C12H17NOS. The molecule has 3 heteroatoms. The first-order valence-electron chi connectivity index (χ1n) is 5.38. The van der Waals surface area contributed by atoms with Gasteiger partial charge in [0.2, 0.25) is 0 Å². The minimum Gasteiger partial charge on any atom is -0.391 e. The van der Waals surface area contributed by atoms with Gasteiger partial charge in [-0.2, -0.15) is 0 Å². The zero-order valence-corrected chi connectivity index (χ0v) is 9.76. The van der Waals surface area contributed by atoms with Crippen LogP contribution in [-0.4, -0.2) is 23.5 Å². The van der Waals surface area contributed by atoms with Gasteiger partial charge in [-0.15, -0.1) is 11.8 Å². The van der Waals surface area contributed by atoms with Gasteiger partial charge in [0.15, 0.2) is 0 Å². The third-order valence-corrected chi connectivity index (χ3v) is 3.63. The molecule has 82 valence electrons. The number of hydrogen-bond acceptors (Lipinski definition) is 3. The first kappa shape index (κ1) is 10.8. The van der Waals surface area contributed by atoms with Crippen molar-refractivity contribution in [1.29, 1.82) is 0 Å². The van der Waals surface area contributed by atoms with Gasteiger partial charge in [0, 0.05) is 10.6 Å². The van der Waals surface area contributed by atoms with Crippen molar-refractivity contribution in [1.82, 2.24) is 0 Å². The molecule has 0 unspecified atom stereocenters. The Morgan fingerprint density at radius 2 is 2.27 bits per heavy atom. The number of aliphatic hydroxyl groups excluding tert-OH is 1. The molecule has 1 aliphatic rings. The maximum atomic E-state index is 9.71. The Kier molecular flexibility index (Phi) is 3.54. The number of rotatable bonds is 3. The average Bonchev–Trinajstić information content (AvgIpc) is 2.65. The molecule has 1 fully saturated rings. The van der Waals surface area contributed by atoms with Crippen LogP contribution in [0.15, 0.2) is 29.2 Å². The molecule has 0 spiro atoms. The van der Waals surface area contributed by atoms with Gasteiger partial charge >= 0.3 is 0 Å². The topological polar surface area (TPSA) is 32.3 Å². The summed E-state index contributed by atoms with van der Waals surface area (Å²) in [5, 5.41) is 13.1. The largest absolute Gasteiger partial charge is 0.391 e. The smallest absolute Gasteiger partial charge is 0.0741 e. The van der Waals surface area contributed by atoms with Crippen LogP contribution < -0.4 is 5.32 Å². The van der Waals surface area contributed by atoms with Crippen LogP contribution in [0.25, 0.3) is 0 Å². The molecule has 0 aliphatic heterocycles. The van der Waals surface area contributed by atoms with Gasteiger partial charge < -0.3 is 10.4 Å². The van der Waals surface area contributed by atoms with Crippen molar-refractivity contribution in [2.75, 3.05) is 11.6 Å². The Hall–Kier alpha value is -0.670. The third kappa shape index (κ3) is 2.67. The van der Waals surface area contributed by atoms with Crippen molar-refractivity contribution >= 4 is 17.4 Å². The van der Waals surface area contributed by atoms with Crippen LogP contribution in [0.3, 0.4) is 0 Å². The van der Waals surface area contributed by atoms with E-state index in [-0.39, 0.29) is 12.1 Å². The van der Waals surface area contributed by atoms with E-state index in [0.29, 0.717) is 0 Å². The summed E-state index contributed by atoms with van der Waals surface area (Å²) in [6, 6.07) is 8.58. The van der Waals surface area contributed by atoms with Crippen molar-refractivity contribution < 1.29 is 5.11 Å². The fraction of sp³-hybridized carbons (Fsp3) is 0.500. The molecule has 0 radical (unpaired) electrons. The van der Waals surface area contributed by atoms with Crippen molar-refractivity contribution in [3.05, 3.63) is 24.3 Å². The molecule has 2 atom stereocenters. The Morgan fingerprint density at radius 3 is 2.93 bits per heavy atom. The molecule has 2 nitrogen and oxygen atoms in total. The van der Waals surface area contributed by atoms with E-state index < -0.39 is 0 Å². The van der Waals surface area contributed by atoms with Crippen molar-refractivity contribution in [3.8, 4) is 0 Å². The number of benzene rings is 1. The number of thioether (sulfide) groups is 1. The van der Waals surface area contributed by atoms with Gasteiger partial charge in [0.1, 0.15) is 0 Å². The normalized spacial score (nSPS) is 25.5. The Bertz CT molecular complexity index is 329. The summed E-state index contributed by atoms with van der Waals surface area (Å²) in [4.78, 5) is 1.26. The minimum absolute atomic E-state index is 0.178. The molecule has 0 bridgehead atoms. The minimum atomic E-state index is -0.178. The molecule has 1 aromatic carbocycles. The lowest BCUT2D eigenvalue weighted by Crippen LogP contribution is -2.27. The summed E-state index contributed by atoms with van der Waals surface area (Å²) in [7, 11) is 0. The van der Waals surface area contributed by atoms with E-state index in [2.05, 4.69) is 35.8 Å². The van der Waals surface area contributed by atoms with E-state index in [1.165, 1.54) is 4.90 Å². The van der Waals surface area contributed by atoms with Crippen LogP contribution in [0.1, 0.15) is 19.3 Å². The maximum absolute atomic E-state index is 9.71. The summed E-state index contributed by atoms with van der Waals surface area (Å²) in [6.07, 6.45) is 5.03. The summed E-state index contributed by atoms with van der Waals surface area (Å²) in [6.45, 7) is 0. The fourth-order valence-corrected chi connectivity index (χ4v) is 2.50. The number of aliphatic hydroxyl groups is 1. The second kappa shape index (κ2) is 4.90. The first-order chi connectivity index (χ1) is 7.29. The lowest BCUT2D eigenvalue weighted by atomic mass is 10.2. The molecule has 0 saturated heterocycles. The molecule has 1 aromatic rings. The standard InChI is InChI=1S/C12H17NOS/c1-15-10-5-2-4-9(8-10)13-11-6-3-7-12(11)14/h2,4-5,8,11-14H,3,6-7H2,1H3/t11-,12-/m1/s1. The molecule has 0 aromatic heterocycles. The van der Waals surface area contributed by atoms with Crippen molar-refractivity contribution in [2.24, 2.45) is 0 Å². The van der Waals surface area contributed by atoms with Gasteiger partial charge in [-0.1, -0.05) is 6.07 Å². The van der Waals surface area contributed by atoms with Crippen molar-refractivity contribution in [3.63, 3.8) is 0 Å². The second-order valence-electron chi connectivity index (χ2n) is 3.98. The van der Waals surface area contributed by atoms with Crippen LogP contribution in [-0.2, 0) is 0 Å². The van der Waals surface area contributed by atoms with Gasteiger partial charge in [-0.25, -0.2) is 0 Å². The summed E-state index contributed by atoms with van der Waals surface area (Å²) >= 11 is 1.74. The zero-order valence-electron chi connectivity index (χ0n) is 8.94. The Labute approximate surface area is 95.1 Å². The molecular weight excluding hydrogens is 206 g/mol. The monoisotopic (exact) mass is 223 g/mol. The number of hydrogen-bond donors (Lipinski definition) is 2. The van der Waals surface area contributed by atoms with Gasteiger partial charge in [-0.3, -0.25) is 0 Å². The number of anilines is 1. The fourth-order valence-electron chi connectivity index (χ4n) is 2.04. The quantitative estimate of drug-likeness (QED) is 0.773. The molecule has 0 amide bonds. The van der Waals surface area contributed by atoms with Gasteiger partial charge in [0.05, 0.1) is 12.1 Å². The highest BCUT2D eigenvalue weighted by molar-refractivity contribution is 7.98. The Morgan fingerprint density at radius 1 is 1.40 bits per heavy atom. The van der Waals surface area contributed by atoms with Crippen LogP contribution in [0, 0.1) is 0 Å². The van der Waals surface area contributed by atoms with Crippen LogP contribution in [0.4, 0.5) is 5.69 Å². The van der Waals surface area contributed by atoms with E-state index in [4.69, 9.17) is 0 Å². The van der Waals surface area contributed by atoms with E-state index in [9.17, 15) is 5.11 Å². The first-order valence-corrected chi connectivity index (χ1v) is 6.61. The predicted octanol–water partition coefficient (Wildman–Crippen LogP) is 2.73. The Balaban J connectivity index is 2.03. The van der Waals surface area contributed by atoms with Gasteiger partial charge in [-0.05, 0) is 43.7 Å². The molecule has 1 aliphatic carbocycles. The summed E-state index contributed by atoms with van der Waals surface area (Å²) < 4.78 is 0. The van der Waals surface area contributed by atoms with Gasteiger partial charge in [0.25, 0.3) is 0 Å². The zero-order chi connectivity index (χ0) is 10.7. The lowest BCUT2D eigenvalue weighted by Gasteiger charge is -2.18. The summed E-state index contributed by atoms with van der Waals surface area (Å²) in [5.74, 6) is 0. The average molecular weight is 223 g/mol. The van der Waals surface area contributed by atoms with Crippen LogP contribution in [0.5, 0.6) is 0 Å². The molecule has 1 saturated carbocycles. The lowest BCUT2D eigenvalue weighted by molar-refractivity contribution is 0.172. The highest BCUT2D eigenvalue weighted by Crippen LogP contribution is 2.25. The van der Waals surface area contributed by atoms with Crippen LogP contribution >= 0.6 is 11.8 Å². The van der Waals surface area contributed by atoms with Crippen LogP contribution in [0.2, 0.25) is 0 Å². The van der Waals surface area contributed by atoms with E-state index >= 15 is 0 Å². The maximum Gasteiger partial charge on any atom is 0.0741 e.